The molecule has 3 heterocycles. The van der Waals surface area contributed by atoms with Crippen LogP contribution in [0.2, 0.25) is 0 Å². The van der Waals surface area contributed by atoms with E-state index in [4.69, 9.17) is 4.42 Å². The number of hydrogen-bond donors (Lipinski definition) is 0. The van der Waals surface area contributed by atoms with Gasteiger partial charge in [-0.25, -0.2) is 0 Å². The van der Waals surface area contributed by atoms with E-state index in [1.807, 2.05) is 0 Å². The van der Waals surface area contributed by atoms with E-state index in [1.165, 1.54) is 76.0 Å². The number of furan rings is 1. The van der Waals surface area contributed by atoms with E-state index < -0.39 is 0 Å². The minimum Gasteiger partial charge on any atom is -0.468 e. The second-order valence-corrected chi connectivity index (χ2v) is 18.1. The molecular formula is C46H51BN2O. The summed E-state index contributed by atoms with van der Waals surface area (Å²) in [6.45, 7) is 18.6. The van der Waals surface area contributed by atoms with Crippen LogP contribution in [0.3, 0.4) is 0 Å². The number of fused-ring (bicyclic) bond motifs is 6. The van der Waals surface area contributed by atoms with Gasteiger partial charge in [-0.2, -0.15) is 0 Å². The van der Waals surface area contributed by atoms with Crippen LogP contribution < -0.4 is 26.4 Å². The molecule has 4 heteroatoms. The third-order valence-electron chi connectivity index (χ3n) is 12.4. The van der Waals surface area contributed by atoms with Gasteiger partial charge in [0.25, 0.3) is 6.71 Å². The average Bonchev–Trinajstić information content (AvgIpc) is 3.84. The van der Waals surface area contributed by atoms with E-state index in [2.05, 4.69) is 156 Å². The lowest BCUT2D eigenvalue weighted by molar-refractivity contribution is 0.413. The first-order valence-electron chi connectivity index (χ1n) is 19.1. The van der Waals surface area contributed by atoms with E-state index in [1.54, 1.807) is 0 Å². The predicted molar refractivity (Wildman–Crippen MR) is 213 cm³/mol. The molecule has 2 aliphatic heterocycles. The Balaban J connectivity index is 1.35. The Morgan fingerprint density at radius 2 is 1.40 bits per heavy atom. The molecule has 2 fully saturated rings. The number of benzene rings is 4. The first-order valence-corrected chi connectivity index (χ1v) is 19.1. The highest BCUT2D eigenvalue weighted by molar-refractivity contribution is 6.99. The van der Waals surface area contributed by atoms with Gasteiger partial charge in [0.2, 0.25) is 0 Å². The maximum absolute atomic E-state index is 7.18. The third-order valence-corrected chi connectivity index (χ3v) is 12.4. The van der Waals surface area contributed by atoms with Crippen molar-refractivity contribution in [2.75, 3.05) is 9.80 Å². The molecule has 2 aliphatic carbocycles. The lowest BCUT2D eigenvalue weighted by Crippen LogP contribution is -2.63. The first kappa shape index (κ1) is 31.8. The molecular weight excluding hydrogens is 607 g/mol. The summed E-state index contributed by atoms with van der Waals surface area (Å²) in [6, 6.07) is 35.2. The van der Waals surface area contributed by atoms with Crippen LogP contribution in [0.15, 0.2) is 95.4 Å². The first-order chi connectivity index (χ1) is 23.9. The quantitative estimate of drug-likeness (QED) is 0.176. The predicted octanol–water partition coefficient (Wildman–Crippen LogP) is 10.6. The highest BCUT2D eigenvalue weighted by atomic mass is 16.3. The number of rotatable bonds is 4. The van der Waals surface area contributed by atoms with Crippen LogP contribution in [-0.2, 0) is 10.8 Å². The third kappa shape index (κ3) is 4.92. The van der Waals surface area contributed by atoms with E-state index in [0.29, 0.717) is 12.0 Å². The molecule has 50 heavy (non-hydrogen) atoms. The van der Waals surface area contributed by atoms with Gasteiger partial charge in [-0.15, -0.1) is 0 Å². The smallest absolute Gasteiger partial charge is 0.297 e. The lowest BCUT2D eigenvalue weighted by Gasteiger charge is -2.47. The molecule has 4 aliphatic rings. The maximum atomic E-state index is 7.18. The van der Waals surface area contributed by atoms with Crippen LogP contribution >= 0.6 is 0 Å². The molecule has 2 saturated carbocycles. The van der Waals surface area contributed by atoms with Gasteiger partial charge in [0, 0.05) is 40.4 Å². The Kier molecular flexibility index (Phi) is 7.09. The fourth-order valence-electron chi connectivity index (χ4n) is 9.61. The van der Waals surface area contributed by atoms with Crippen molar-refractivity contribution in [1.82, 2.24) is 0 Å². The maximum Gasteiger partial charge on any atom is 0.297 e. The van der Waals surface area contributed by atoms with Gasteiger partial charge in [-0.05, 0) is 106 Å². The molecule has 3 atom stereocenters. The van der Waals surface area contributed by atoms with Crippen molar-refractivity contribution in [1.29, 1.82) is 0 Å². The summed E-state index contributed by atoms with van der Waals surface area (Å²) in [5.74, 6) is 2.93. The molecule has 4 aromatic carbocycles. The summed E-state index contributed by atoms with van der Waals surface area (Å²) < 4.78 is 7.18. The summed E-state index contributed by atoms with van der Waals surface area (Å²) >= 11 is 0. The molecule has 1 aromatic heterocycles. The van der Waals surface area contributed by atoms with Gasteiger partial charge in [0.1, 0.15) is 5.76 Å². The summed E-state index contributed by atoms with van der Waals surface area (Å²) in [4.78, 5) is 5.34. The Morgan fingerprint density at radius 3 is 2.04 bits per heavy atom. The van der Waals surface area contributed by atoms with Crippen LogP contribution in [-0.4, -0.2) is 12.8 Å². The SMILES string of the molecule is CC(C)c1cc2c3c(c1)N(C1CC4CCC1C4)c1ccc(C(C)(C)C)cc1B3c1oc(-c3ccccc3)cc1N2c1ccc(C(C)(C)C)cc1. The van der Waals surface area contributed by atoms with Crippen LogP contribution in [0, 0.1) is 11.8 Å². The standard InChI is InChI=1S/C46H51BN2O/c1-28(2)32-24-39-43-40(25-32)49(38-23-29-14-15-31(38)22-29)37-21-18-34(46(6,7)8)26-36(37)47(43)44-41(27-42(50-44)30-12-10-9-11-13-30)48(39)35-19-16-33(17-20-35)45(3,4)5/h9-13,16-21,24-29,31,38H,14-15,22-23H2,1-8H3. The molecule has 0 N–H and O–H groups in total. The second-order valence-electron chi connectivity index (χ2n) is 18.1. The molecule has 254 valence electrons. The van der Waals surface area contributed by atoms with Crippen molar-refractivity contribution in [2.24, 2.45) is 11.8 Å². The van der Waals surface area contributed by atoms with Crippen LogP contribution in [0.1, 0.15) is 104 Å². The van der Waals surface area contributed by atoms with E-state index in [9.17, 15) is 0 Å². The van der Waals surface area contributed by atoms with Gasteiger partial charge in [-0.1, -0.05) is 116 Å². The molecule has 0 radical (unpaired) electrons. The lowest BCUT2D eigenvalue weighted by atomic mass is 9.35. The summed E-state index contributed by atoms with van der Waals surface area (Å²) in [5.41, 5.74) is 15.6. The molecule has 0 spiro atoms. The number of hydrogen-bond acceptors (Lipinski definition) is 3. The van der Waals surface area contributed by atoms with Crippen molar-refractivity contribution in [3.05, 3.63) is 108 Å². The molecule has 9 rings (SSSR count). The van der Waals surface area contributed by atoms with Gasteiger partial charge >= 0.3 is 0 Å². The van der Waals surface area contributed by atoms with Gasteiger partial charge < -0.3 is 14.2 Å². The molecule has 0 saturated heterocycles. The number of anilines is 5. The Labute approximate surface area is 299 Å². The number of nitrogens with zero attached hydrogens (tertiary/aromatic N) is 2. The van der Waals surface area contributed by atoms with Crippen LogP contribution in [0.25, 0.3) is 11.3 Å². The van der Waals surface area contributed by atoms with Crippen LogP contribution in [0.5, 0.6) is 0 Å². The topological polar surface area (TPSA) is 19.6 Å². The Hall–Kier alpha value is -4.18. The van der Waals surface area contributed by atoms with Gasteiger partial charge in [-0.3, -0.25) is 0 Å². The Morgan fingerprint density at radius 1 is 0.700 bits per heavy atom. The minimum atomic E-state index is 0.00548. The minimum absolute atomic E-state index is 0.00548. The highest BCUT2D eigenvalue weighted by Crippen LogP contribution is 2.52. The van der Waals surface area contributed by atoms with Crippen molar-refractivity contribution in [2.45, 2.75) is 104 Å². The largest absolute Gasteiger partial charge is 0.468 e. The molecule has 2 bridgehead atoms. The van der Waals surface area contributed by atoms with Crippen LogP contribution in [0.4, 0.5) is 28.4 Å². The van der Waals surface area contributed by atoms with Crippen molar-refractivity contribution < 1.29 is 4.42 Å². The van der Waals surface area contributed by atoms with Gasteiger partial charge in [0.15, 0.2) is 0 Å². The molecule has 0 amide bonds. The molecule has 5 aromatic rings. The monoisotopic (exact) mass is 658 g/mol. The zero-order valence-corrected chi connectivity index (χ0v) is 31.2. The van der Waals surface area contributed by atoms with E-state index in [-0.39, 0.29) is 17.5 Å². The van der Waals surface area contributed by atoms with Crippen molar-refractivity contribution in [3.63, 3.8) is 0 Å². The molecule has 3 nitrogen and oxygen atoms in total. The average molecular weight is 659 g/mol. The summed E-state index contributed by atoms with van der Waals surface area (Å²) in [7, 11) is 0. The Bertz CT molecular complexity index is 2100. The summed E-state index contributed by atoms with van der Waals surface area (Å²) in [6.07, 6.45) is 5.42. The fourth-order valence-corrected chi connectivity index (χ4v) is 9.61. The zero-order chi connectivity index (χ0) is 34.7. The van der Waals surface area contributed by atoms with Crippen molar-refractivity contribution in [3.8, 4) is 11.3 Å². The summed E-state index contributed by atoms with van der Waals surface area (Å²) in [5, 5.41) is 0. The molecule has 3 unspecified atom stereocenters. The van der Waals surface area contributed by atoms with Crippen molar-refractivity contribution >= 4 is 51.7 Å². The highest BCUT2D eigenvalue weighted by Gasteiger charge is 2.50. The van der Waals surface area contributed by atoms with Gasteiger partial charge in [0.05, 0.1) is 11.3 Å². The zero-order valence-electron chi connectivity index (χ0n) is 31.2. The van der Waals surface area contributed by atoms with E-state index in [0.717, 1.165) is 34.5 Å². The fraction of sp³-hybridized carbons (Fsp3) is 0.391. The second kappa shape index (κ2) is 11.2. The normalized spacial score (nSPS) is 20.7. The van der Waals surface area contributed by atoms with E-state index >= 15 is 0 Å².